The average molecular weight is 263 g/mol. The molecule has 1 unspecified atom stereocenters. The van der Waals surface area contributed by atoms with Crippen molar-refractivity contribution in [3.8, 4) is 0 Å². The SMILES string of the molecule is Cc1nn(C)c(C)c1C(N)c1noc(C(C)(C)C)n1. The molecule has 0 fully saturated rings. The number of nitrogens with two attached hydrogens (primary N) is 1. The zero-order valence-corrected chi connectivity index (χ0v) is 12.4. The van der Waals surface area contributed by atoms with E-state index in [4.69, 9.17) is 10.3 Å². The fourth-order valence-electron chi connectivity index (χ4n) is 2.04. The Labute approximate surface area is 113 Å². The van der Waals surface area contributed by atoms with E-state index >= 15 is 0 Å². The number of aryl methyl sites for hydroxylation is 2. The number of hydrogen-bond donors (Lipinski definition) is 1. The third-order valence-corrected chi connectivity index (χ3v) is 3.24. The van der Waals surface area contributed by atoms with E-state index in [9.17, 15) is 0 Å². The highest BCUT2D eigenvalue weighted by Crippen LogP contribution is 2.26. The van der Waals surface area contributed by atoms with Crippen LogP contribution in [0.15, 0.2) is 4.52 Å². The Morgan fingerprint density at radius 1 is 1.26 bits per heavy atom. The van der Waals surface area contributed by atoms with Gasteiger partial charge in [0.05, 0.1) is 11.7 Å². The molecule has 0 bridgehead atoms. The monoisotopic (exact) mass is 263 g/mol. The molecule has 0 aromatic carbocycles. The van der Waals surface area contributed by atoms with E-state index in [-0.39, 0.29) is 5.41 Å². The molecular weight excluding hydrogens is 242 g/mol. The zero-order valence-electron chi connectivity index (χ0n) is 12.4. The predicted molar refractivity (Wildman–Crippen MR) is 71.7 cm³/mol. The van der Waals surface area contributed by atoms with E-state index in [0.717, 1.165) is 17.0 Å². The lowest BCUT2D eigenvalue weighted by Crippen LogP contribution is -2.17. The van der Waals surface area contributed by atoms with Crippen molar-refractivity contribution in [1.82, 2.24) is 19.9 Å². The fraction of sp³-hybridized carbons (Fsp3) is 0.615. The van der Waals surface area contributed by atoms with E-state index < -0.39 is 6.04 Å². The van der Waals surface area contributed by atoms with Gasteiger partial charge in [-0.1, -0.05) is 25.9 Å². The molecule has 2 rings (SSSR count). The van der Waals surface area contributed by atoms with Crippen LogP contribution in [-0.4, -0.2) is 19.9 Å². The summed E-state index contributed by atoms with van der Waals surface area (Å²) in [7, 11) is 1.90. The van der Waals surface area contributed by atoms with E-state index in [1.807, 2.05) is 46.3 Å². The molecule has 2 aromatic rings. The van der Waals surface area contributed by atoms with Crippen molar-refractivity contribution in [2.75, 3.05) is 0 Å². The first kappa shape index (κ1) is 13.7. The second-order valence-corrected chi connectivity index (χ2v) is 5.89. The van der Waals surface area contributed by atoms with Crippen LogP contribution in [0, 0.1) is 13.8 Å². The highest BCUT2D eigenvalue weighted by molar-refractivity contribution is 5.31. The summed E-state index contributed by atoms with van der Waals surface area (Å²) in [6, 6.07) is -0.409. The van der Waals surface area contributed by atoms with Gasteiger partial charge in [0.15, 0.2) is 5.82 Å². The summed E-state index contributed by atoms with van der Waals surface area (Å²) >= 11 is 0. The largest absolute Gasteiger partial charge is 0.339 e. The lowest BCUT2D eigenvalue weighted by atomic mass is 9.97. The van der Waals surface area contributed by atoms with Crippen LogP contribution in [0.3, 0.4) is 0 Å². The Balaban J connectivity index is 2.39. The van der Waals surface area contributed by atoms with Gasteiger partial charge in [-0.3, -0.25) is 4.68 Å². The number of aromatic nitrogens is 4. The predicted octanol–water partition coefficient (Wildman–Crippen LogP) is 1.77. The molecule has 0 spiro atoms. The highest BCUT2D eigenvalue weighted by Gasteiger charge is 2.26. The molecule has 6 nitrogen and oxygen atoms in total. The van der Waals surface area contributed by atoms with Crippen LogP contribution in [0.25, 0.3) is 0 Å². The minimum atomic E-state index is -0.409. The van der Waals surface area contributed by atoms with Crippen LogP contribution in [-0.2, 0) is 12.5 Å². The van der Waals surface area contributed by atoms with Crippen molar-refractivity contribution in [2.45, 2.75) is 46.1 Å². The third kappa shape index (κ3) is 2.40. The van der Waals surface area contributed by atoms with Crippen molar-refractivity contribution in [3.05, 3.63) is 28.7 Å². The minimum Gasteiger partial charge on any atom is -0.339 e. The number of hydrogen-bond acceptors (Lipinski definition) is 5. The van der Waals surface area contributed by atoms with Crippen molar-refractivity contribution < 1.29 is 4.52 Å². The molecule has 1 atom stereocenters. The van der Waals surface area contributed by atoms with Crippen LogP contribution < -0.4 is 5.73 Å². The topological polar surface area (TPSA) is 82.8 Å². The smallest absolute Gasteiger partial charge is 0.232 e. The molecule has 0 saturated carbocycles. The Kier molecular flexibility index (Phi) is 3.22. The van der Waals surface area contributed by atoms with Gasteiger partial charge in [-0.2, -0.15) is 10.1 Å². The van der Waals surface area contributed by atoms with Crippen LogP contribution in [0.2, 0.25) is 0 Å². The van der Waals surface area contributed by atoms with Gasteiger partial charge in [-0.25, -0.2) is 0 Å². The van der Waals surface area contributed by atoms with Crippen LogP contribution in [0.1, 0.15) is 55.5 Å². The first-order chi connectivity index (χ1) is 8.71. The summed E-state index contributed by atoms with van der Waals surface area (Å²) in [6.45, 7) is 10.00. The normalized spacial score (nSPS) is 13.8. The van der Waals surface area contributed by atoms with Gasteiger partial charge >= 0.3 is 0 Å². The lowest BCUT2D eigenvalue weighted by molar-refractivity contribution is 0.317. The van der Waals surface area contributed by atoms with Gasteiger partial charge in [0.1, 0.15) is 0 Å². The Bertz CT molecular complexity index is 591. The van der Waals surface area contributed by atoms with Crippen LogP contribution in [0.4, 0.5) is 0 Å². The molecule has 0 aliphatic carbocycles. The molecule has 19 heavy (non-hydrogen) atoms. The Hall–Kier alpha value is -1.69. The summed E-state index contributed by atoms with van der Waals surface area (Å²) < 4.78 is 7.10. The molecule has 0 aliphatic rings. The Morgan fingerprint density at radius 3 is 2.32 bits per heavy atom. The second-order valence-electron chi connectivity index (χ2n) is 5.89. The van der Waals surface area contributed by atoms with Crippen LogP contribution >= 0.6 is 0 Å². The summed E-state index contributed by atoms with van der Waals surface area (Å²) in [5.41, 5.74) is 8.95. The fourth-order valence-corrected chi connectivity index (χ4v) is 2.04. The molecule has 104 valence electrons. The van der Waals surface area contributed by atoms with Gasteiger partial charge in [-0.15, -0.1) is 0 Å². The van der Waals surface area contributed by atoms with E-state index in [1.165, 1.54) is 0 Å². The summed E-state index contributed by atoms with van der Waals surface area (Å²) in [6.07, 6.45) is 0. The first-order valence-electron chi connectivity index (χ1n) is 6.31. The summed E-state index contributed by atoms with van der Waals surface area (Å²) in [4.78, 5) is 4.41. The average Bonchev–Trinajstić information content (AvgIpc) is 2.84. The molecular formula is C13H21N5O. The van der Waals surface area contributed by atoms with E-state index in [2.05, 4.69) is 15.2 Å². The number of nitrogens with zero attached hydrogens (tertiary/aromatic N) is 4. The van der Waals surface area contributed by atoms with Crippen LogP contribution in [0.5, 0.6) is 0 Å². The minimum absolute atomic E-state index is 0.177. The second kappa shape index (κ2) is 4.45. The molecule has 6 heteroatoms. The highest BCUT2D eigenvalue weighted by atomic mass is 16.5. The number of rotatable bonds is 2. The van der Waals surface area contributed by atoms with Crippen molar-refractivity contribution in [2.24, 2.45) is 12.8 Å². The zero-order chi connectivity index (χ0) is 14.4. The quantitative estimate of drug-likeness (QED) is 0.892. The van der Waals surface area contributed by atoms with Crippen molar-refractivity contribution in [1.29, 1.82) is 0 Å². The maximum Gasteiger partial charge on any atom is 0.232 e. The Morgan fingerprint density at radius 2 is 1.89 bits per heavy atom. The van der Waals surface area contributed by atoms with Gasteiger partial charge < -0.3 is 10.3 Å². The lowest BCUT2D eigenvalue weighted by Gasteiger charge is -2.11. The van der Waals surface area contributed by atoms with Crippen molar-refractivity contribution in [3.63, 3.8) is 0 Å². The van der Waals surface area contributed by atoms with E-state index in [0.29, 0.717) is 11.7 Å². The molecule has 0 radical (unpaired) electrons. The maximum absolute atomic E-state index is 6.25. The van der Waals surface area contributed by atoms with E-state index in [1.54, 1.807) is 0 Å². The van der Waals surface area contributed by atoms with Gasteiger partial charge in [0.25, 0.3) is 0 Å². The van der Waals surface area contributed by atoms with Gasteiger partial charge in [-0.05, 0) is 13.8 Å². The molecule has 2 N–H and O–H groups in total. The summed E-state index contributed by atoms with van der Waals surface area (Å²) in [5.74, 6) is 1.10. The molecule has 2 aromatic heterocycles. The summed E-state index contributed by atoms with van der Waals surface area (Å²) in [5, 5.41) is 8.37. The van der Waals surface area contributed by atoms with Gasteiger partial charge in [0, 0.05) is 23.7 Å². The third-order valence-electron chi connectivity index (χ3n) is 3.24. The van der Waals surface area contributed by atoms with Crippen molar-refractivity contribution >= 4 is 0 Å². The molecule has 2 heterocycles. The van der Waals surface area contributed by atoms with Gasteiger partial charge in [0.2, 0.25) is 5.89 Å². The first-order valence-corrected chi connectivity index (χ1v) is 6.31. The standard InChI is InChI=1S/C13H21N5O/c1-7-9(8(2)18(6)16-7)10(14)11-15-12(19-17-11)13(3,4)5/h10H,14H2,1-6H3. The molecule has 0 saturated heterocycles. The maximum atomic E-state index is 6.25. The molecule has 0 aliphatic heterocycles. The molecule has 0 amide bonds.